The summed E-state index contributed by atoms with van der Waals surface area (Å²) in [4.78, 5) is 0. The van der Waals surface area contributed by atoms with E-state index < -0.39 is 0 Å². The third-order valence-electron chi connectivity index (χ3n) is 0. The molecule has 0 spiro atoms. The Hall–Kier alpha value is 4.87. The second-order valence-corrected chi connectivity index (χ2v) is 0. The smallest absolute Gasteiger partial charge is 1.00 e. The average Bonchev–Trinajstić information content (AvgIpc) is 0. The van der Waals surface area contributed by atoms with Gasteiger partial charge in [0.05, 0.1) is 0 Å². The largest absolute Gasteiger partial charge is 3.00 e. The van der Waals surface area contributed by atoms with Crippen molar-refractivity contribution >= 4 is 0 Å². The van der Waals surface area contributed by atoms with E-state index in [1.54, 1.807) is 0 Å². The van der Waals surface area contributed by atoms with Gasteiger partial charge in [-0.15, -0.1) is 0 Å². The van der Waals surface area contributed by atoms with E-state index >= 15 is 0 Å². The molecule has 4 heavy (non-hydrogen) atoms. The third-order valence-corrected chi connectivity index (χ3v) is 0. The minimum absolute atomic E-state index is 0. The fourth-order valence-corrected chi connectivity index (χ4v) is 0. The molecule has 0 fully saturated rings. The van der Waals surface area contributed by atoms with Gasteiger partial charge >= 0.3 is 154 Å². The maximum absolute atomic E-state index is 0. The van der Waals surface area contributed by atoms with Crippen LogP contribution in [0.4, 0.5) is 0 Å². The molecule has 0 atom stereocenters. The predicted octanol–water partition coefficient (Wildman–Crippen LogP) is -8.70. The van der Waals surface area contributed by atoms with E-state index in [4.69, 9.17) is 0 Å². The van der Waals surface area contributed by atoms with Crippen LogP contribution in [0, 0.1) is 0 Å². The van der Waals surface area contributed by atoms with Crippen LogP contribution in [0.15, 0.2) is 0 Å². The van der Waals surface area contributed by atoms with Gasteiger partial charge in [0, 0.05) is 0 Å². The van der Waals surface area contributed by atoms with E-state index in [1.807, 2.05) is 0 Å². The molecule has 0 aliphatic carbocycles. The number of nitrogens with zero attached hydrogens (tertiary/aromatic N) is 1. The SMILES string of the molecule is [K+].[K+].[K+].[N-3]. The van der Waals surface area contributed by atoms with Crippen LogP contribution < -0.4 is 154 Å². The molecule has 0 aliphatic heterocycles. The van der Waals surface area contributed by atoms with Crippen LogP contribution in [-0.2, 0) is 0 Å². The summed E-state index contributed by atoms with van der Waals surface area (Å²) < 4.78 is 0. The maximum Gasteiger partial charge on any atom is 1.00 e. The summed E-state index contributed by atoms with van der Waals surface area (Å²) in [5.41, 5.74) is 0. The molecule has 0 bridgehead atoms. The summed E-state index contributed by atoms with van der Waals surface area (Å²) in [6.45, 7) is 0. The molecule has 0 aromatic rings. The van der Waals surface area contributed by atoms with Gasteiger partial charge in [0.1, 0.15) is 0 Å². The molecule has 0 amide bonds. The van der Waals surface area contributed by atoms with E-state index in [0.717, 1.165) is 0 Å². The average molecular weight is 131 g/mol. The van der Waals surface area contributed by atoms with Crippen molar-refractivity contribution in [2.24, 2.45) is 0 Å². The molecule has 0 N–H and O–H groups in total. The molecule has 0 aromatic heterocycles. The zero-order valence-electron chi connectivity index (χ0n) is 3.45. The first-order valence-electron chi connectivity index (χ1n) is 0. The van der Waals surface area contributed by atoms with E-state index in [1.165, 1.54) is 0 Å². The maximum atomic E-state index is 0. The summed E-state index contributed by atoms with van der Waals surface area (Å²) in [7, 11) is 0. The van der Waals surface area contributed by atoms with Crippen LogP contribution in [0.5, 0.6) is 0 Å². The fourth-order valence-electron chi connectivity index (χ4n) is 0. The first-order valence-corrected chi connectivity index (χ1v) is 0. The van der Waals surface area contributed by atoms with Gasteiger partial charge in [-0.3, -0.25) is 0 Å². The minimum Gasteiger partial charge on any atom is -3.00 e. The summed E-state index contributed by atoms with van der Waals surface area (Å²) in [6, 6.07) is 0. The fraction of sp³-hybridized carbons (Fsp3) is 0. The van der Waals surface area contributed by atoms with Crippen molar-refractivity contribution in [3.8, 4) is 0 Å². The zero-order valence-corrected chi connectivity index (χ0v) is 12.8. The van der Waals surface area contributed by atoms with E-state index in [9.17, 15) is 0 Å². The normalized spacial score (nSPS) is 0. The molecule has 0 radical (unpaired) electrons. The van der Waals surface area contributed by atoms with Crippen LogP contribution in [0.25, 0.3) is 6.15 Å². The van der Waals surface area contributed by atoms with E-state index in [2.05, 4.69) is 0 Å². The van der Waals surface area contributed by atoms with Crippen molar-refractivity contribution in [3.05, 3.63) is 6.15 Å². The summed E-state index contributed by atoms with van der Waals surface area (Å²) >= 11 is 0. The molecule has 4 heteroatoms. The summed E-state index contributed by atoms with van der Waals surface area (Å²) in [6.07, 6.45) is 0. The third kappa shape index (κ3) is 9.98. The van der Waals surface area contributed by atoms with E-state index in [0.29, 0.717) is 0 Å². The van der Waals surface area contributed by atoms with Crippen molar-refractivity contribution in [1.29, 1.82) is 0 Å². The molecule has 0 heterocycles. The Kier molecular flexibility index (Phi) is 90.7. The molecule has 0 aromatic carbocycles. The van der Waals surface area contributed by atoms with Gasteiger partial charge in [0.25, 0.3) is 0 Å². The first-order chi connectivity index (χ1) is 0. The molecular formula is K3N. The van der Waals surface area contributed by atoms with E-state index in [-0.39, 0.29) is 160 Å². The Bertz CT molecular complexity index is 3.25. The van der Waals surface area contributed by atoms with Gasteiger partial charge in [-0.05, 0) is 0 Å². The first kappa shape index (κ1) is 23.2. The van der Waals surface area contributed by atoms with Crippen molar-refractivity contribution < 1.29 is 154 Å². The van der Waals surface area contributed by atoms with Crippen LogP contribution in [0.3, 0.4) is 0 Å². The van der Waals surface area contributed by atoms with Crippen LogP contribution in [0.1, 0.15) is 0 Å². The number of hydrogen-bond acceptors (Lipinski definition) is 0. The monoisotopic (exact) mass is 131 g/mol. The van der Waals surface area contributed by atoms with Gasteiger partial charge in [-0.1, -0.05) is 0 Å². The Labute approximate surface area is 154 Å². The minimum atomic E-state index is 0. The second kappa shape index (κ2) is 15.7. The van der Waals surface area contributed by atoms with Gasteiger partial charge in [0.15, 0.2) is 0 Å². The summed E-state index contributed by atoms with van der Waals surface area (Å²) in [5, 5.41) is 0. The van der Waals surface area contributed by atoms with Crippen molar-refractivity contribution in [3.63, 3.8) is 0 Å². The molecule has 8 valence electrons. The number of rotatable bonds is 0. The van der Waals surface area contributed by atoms with Gasteiger partial charge < -0.3 is 6.15 Å². The van der Waals surface area contributed by atoms with Crippen molar-refractivity contribution in [2.45, 2.75) is 0 Å². The van der Waals surface area contributed by atoms with Gasteiger partial charge in [0.2, 0.25) is 0 Å². The van der Waals surface area contributed by atoms with Crippen molar-refractivity contribution in [1.82, 2.24) is 0 Å². The Morgan fingerprint density at radius 1 is 0.500 bits per heavy atom. The topological polar surface area (TPSA) is 30.5 Å². The quantitative estimate of drug-likeness (QED) is 0.292. The number of hydrogen-bond donors (Lipinski definition) is 0. The van der Waals surface area contributed by atoms with Crippen LogP contribution >= 0.6 is 0 Å². The van der Waals surface area contributed by atoms with Crippen LogP contribution in [-0.4, -0.2) is 0 Å². The Morgan fingerprint density at radius 3 is 0.500 bits per heavy atom. The zero-order chi connectivity index (χ0) is 0. The standard InChI is InChI=1S/3K.N/q3*+1;-3. The van der Waals surface area contributed by atoms with Crippen LogP contribution in [0.2, 0.25) is 0 Å². The Balaban J connectivity index is 0. The Morgan fingerprint density at radius 2 is 0.500 bits per heavy atom. The molecule has 0 unspecified atom stereocenters. The second-order valence-electron chi connectivity index (χ2n) is 0. The van der Waals surface area contributed by atoms with Gasteiger partial charge in [-0.2, -0.15) is 0 Å². The molecular weight excluding hydrogens is 131 g/mol. The van der Waals surface area contributed by atoms with Crippen molar-refractivity contribution in [2.75, 3.05) is 0 Å². The molecule has 0 aliphatic rings. The molecule has 0 saturated heterocycles. The molecule has 0 rings (SSSR count). The predicted molar refractivity (Wildman–Crippen MR) is 3.36 cm³/mol. The van der Waals surface area contributed by atoms with Gasteiger partial charge in [-0.25, -0.2) is 0 Å². The molecule has 0 saturated carbocycles. The molecule has 1 nitrogen and oxygen atoms in total. The summed E-state index contributed by atoms with van der Waals surface area (Å²) in [5.74, 6) is 0.